The predicted octanol–water partition coefficient (Wildman–Crippen LogP) is 2.54. The van der Waals surface area contributed by atoms with Crippen molar-refractivity contribution in [3.8, 4) is 0 Å². The largest absolute Gasteiger partial charge is 0.312 e. The zero-order valence-corrected chi connectivity index (χ0v) is 9.40. The van der Waals surface area contributed by atoms with Crippen LogP contribution in [-0.4, -0.2) is 11.5 Å². The van der Waals surface area contributed by atoms with Crippen LogP contribution in [0.3, 0.4) is 0 Å². The van der Waals surface area contributed by atoms with Crippen LogP contribution in [0.25, 0.3) is 0 Å². The van der Waals surface area contributed by atoms with E-state index in [2.05, 4.69) is 27.1 Å². The van der Waals surface area contributed by atoms with Crippen LogP contribution in [0.1, 0.15) is 10.6 Å². The van der Waals surface area contributed by atoms with E-state index < -0.39 is 0 Å². The Kier molecular flexibility index (Phi) is 3.68. The molecule has 0 atom stereocenters. The molecule has 0 unspecified atom stereocenters. The lowest BCUT2D eigenvalue weighted by molar-refractivity contribution is 0.686. The van der Waals surface area contributed by atoms with Gasteiger partial charge in [0.25, 0.3) is 0 Å². The molecule has 0 bridgehead atoms. The van der Waals surface area contributed by atoms with E-state index >= 15 is 0 Å². The van der Waals surface area contributed by atoms with Crippen molar-refractivity contribution >= 4 is 22.7 Å². The SMILES string of the molecule is c1csc(CCNCc2ccsc2)n1. The van der Waals surface area contributed by atoms with E-state index in [1.807, 2.05) is 11.6 Å². The van der Waals surface area contributed by atoms with Crippen LogP contribution in [0.15, 0.2) is 28.4 Å². The fraction of sp³-hybridized carbons (Fsp3) is 0.300. The minimum atomic E-state index is 0.967. The highest BCUT2D eigenvalue weighted by atomic mass is 32.1. The molecular formula is C10H12N2S2. The number of hydrogen-bond donors (Lipinski definition) is 1. The summed E-state index contributed by atoms with van der Waals surface area (Å²) in [6.45, 7) is 1.97. The van der Waals surface area contributed by atoms with Gasteiger partial charge in [-0.1, -0.05) is 0 Å². The van der Waals surface area contributed by atoms with E-state index in [4.69, 9.17) is 0 Å². The molecule has 0 aliphatic carbocycles. The molecule has 14 heavy (non-hydrogen) atoms. The van der Waals surface area contributed by atoms with Crippen LogP contribution >= 0.6 is 22.7 Å². The van der Waals surface area contributed by atoms with E-state index in [1.165, 1.54) is 10.6 Å². The highest BCUT2D eigenvalue weighted by Crippen LogP contribution is 2.06. The minimum absolute atomic E-state index is 0.967. The molecule has 0 aromatic carbocycles. The first-order chi connectivity index (χ1) is 6.95. The van der Waals surface area contributed by atoms with Crippen molar-refractivity contribution in [1.82, 2.24) is 10.3 Å². The van der Waals surface area contributed by atoms with Crippen LogP contribution < -0.4 is 5.32 Å². The summed E-state index contributed by atoms with van der Waals surface area (Å²) in [5, 5.41) is 10.9. The van der Waals surface area contributed by atoms with Gasteiger partial charge in [-0.15, -0.1) is 11.3 Å². The molecular weight excluding hydrogens is 212 g/mol. The lowest BCUT2D eigenvalue weighted by atomic mass is 10.3. The Hall–Kier alpha value is -0.710. The first-order valence-electron chi connectivity index (χ1n) is 4.55. The van der Waals surface area contributed by atoms with Crippen LogP contribution in [0, 0.1) is 0 Å². The topological polar surface area (TPSA) is 24.9 Å². The van der Waals surface area contributed by atoms with Crippen molar-refractivity contribution < 1.29 is 0 Å². The molecule has 0 radical (unpaired) electrons. The molecule has 0 saturated carbocycles. The Morgan fingerprint density at radius 2 is 2.36 bits per heavy atom. The molecule has 74 valence electrons. The Bertz CT molecular complexity index is 304. The minimum Gasteiger partial charge on any atom is -0.312 e. The van der Waals surface area contributed by atoms with Crippen LogP contribution in [0.5, 0.6) is 0 Å². The Labute approximate surface area is 91.6 Å². The maximum atomic E-state index is 4.23. The van der Waals surface area contributed by atoms with Crippen LogP contribution in [0.4, 0.5) is 0 Å². The summed E-state index contributed by atoms with van der Waals surface area (Å²) in [7, 11) is 0. The molecule has 1 N–H and O–H groups in total. The van der Waals surface area contributed by atoms with Gasteiger partial charge in [-0.3, -0.25) is 0 Å². The molecule has 2 aromatic heterocycles. The molecule has 0 amide bonds. The second kappa shape index (κ2) is 5.24. The number of rotatable bonds is 5. The van der Waals surface area contributed by atoms with Gasteiger partial charge in [0.2, 0.25) is 0 Å². The molecule has 2 nitrogen and oxygen atoms in total. The normalized spacial score (nSPS) is 10.6. The number of thiazole rings is 1. The number of aromatic nitrogens is 1. The number of nitrogens with zero attached hydrogens (tertiary/aromatic N) is 1. The third kappa shape index (κ3) is 2.90. The summed E-state index contributed by atoms with van der Waals surface area (Å²) in [5.74, 6) is 0. The van der Waals surface area contributed by atoms with Crippen molar-refractivity contribution in [3.05, 3.63) is 39.0 Å². The first-order valence-corrected chi connectivity index (χ1v) is 6.37. The van der Waals surface area contributed by atoms with E-state index in [0.29, 0.717) is 0 Å². The van der Waals surface area contributed by atoms with Gasteiger partial charge in [-0.25, -0.2) is 4.98 Å². The van der Waals surface area contributed by atoms with Gasteiger partial charge in [0, 0.05) is 31.1 Å². The van der Waals surface area contributed by atoms with Gasteiger partial charge >= 0.3 is 0 Å². The summed E-state index contributed by atoms with van der Waals surface area (Å²) < 4.78 is 0. The summed E-state index contributed by atoms with van der Waals surface area (Å²) in [4.78, 5) is 4.23. The molecule has 0 spiro atoms. The fourth-order valence-electron chi connectivity index (χ4n) is 1.20. The predicted molar refractivity (Wildman–Crippen MR) is 61.8 cm³/mol. The lowest BCUT2D eigenvalue weighted by Crippen LogP contribution is -2.16. The lowest BCUT2D eigenvalue weighted by Gasteiger charge is -2.00. The fourth-order valence-corrected chi connectivity index (χ4v) is 2.49. The van der Waals surface area contributed by atoms with E-state index in [9.17, 15) is 0 Å². The highest BCUT2D eigenvalue weighted by Gasteiger charge is 1.95. The first kappa shape index (κ1) is 9.83. The van der Waals surface area contributed by atoms with Crippen molar-refractivity contribution in [2.45, 2.75) is 13.0 Å². The van der Waals surface area contributed by atoms with E-state index in [0.717, 1.165) is 19.5 Å². The molecule has 0 fully saturated rings. The average Bonchev–Trinajstić information content (AvgIpc) is 2.86. The van der Waals surface area contributed by atoms with Gasteiger partial charge in [0.1, 0.15) is 0 Å². The highest BCUT2D eigenvalue weighted by molar-refractivity contribution is 7.09. The van der Waals surface area contributed by atoms with Gasteiger partial charge in [-0.05, 0) is 22.4 Å². The number of thiophene rings is 1. The van der Waals surface area contributed by atoms with Crippen molar-refractivity contribution in [2.24, 2.45) is 0 Å². The van der Waals surface area contributed by atoms with Crippen molar-refractivity contribution in [1.29, 1.82) is 0 Å². The zero-order valence-electron chi connectivity index (χ0n) is 7.77. The molecule has 4 heteroatoms. The Morgan fingerprint density at radius 3 is 3.07 bits per heavy atom. The zero-order chi connectivity index (χ0) is 9.64. The van der Waals surface area contributed by atoms with Gasteiger partial charge in [0.05, 0.1) is 5.01 Å². The second-order valence-corrected chi connectivity index (χ2v) is 4.74. The number of hydrogen-bond acceptors (Lipinski definition) is 4. The molecule has 0 aliphatic heterocycles. The van der Waals surface area contributed by atoms with Crippen molar-refractivity contribution in [3.63, 3.8) is 0 Å². The van der Waals surface area contributed by atoms with Crippen LogP contribution in [-0.2, 0) is 13.0 Å². The Morgan fingerprint density at radius 1 is 1.36 bits per heavy atom. The van der Waals surface area contributed by atoms with E-state index in [1.54, 1.807) is 22.7 Å². The summed E-state index contributed by atoms with van der Waals surface area (Å²) in [6.07, 6.45) is 2.89. The quantitative estimate of drug-likeness (QED) is 0.789. The second-order valence-electron chi connectivity index (χ2n) is 2.98. The maximum Gasteiger partial charge on any atom is 0.0937 e. The molecule has 2 heterocycles. The molecule has 2 rings (SSSR count). The van der Waals surface area contributed by atoms with Gasteiger partial charge < -0.3 is 5.32 Å². The summed E-state index contributed by atoms with van der Waals surface area (Å²) >= 11 is 3.47. The monoisotopic (exact) mass is 224 g/mol. The van der Waals surface area contributed by atoms with Gasteiger partial charge in [0.15, 0.2) is 0 Å². The third-order valence-corrected chi connectivity index (χ3v) is 3.48. The van der Waals surface area contributed by atoms with Gasteiger partial charge in [-0.2, -0.15) is 11.3 Å². The smallest absolute Gasteiger partial charge is 0.0937 e. The standard InChI is InChI=1S/C10H12N2S2/c1(10-12-4-6-14-10)3-11-7-9-2-5-13-8-9/h2,4-6,8,11H,1,3,7H2. The summed E-state index contributed by atoms with van der Waals surface area (Å²) in [5.41, 5.74) is 1.37. The van der Waals surface area contributed by atoms with E-state index in [-0.39, 0.29) is 0 Å². The average molecular weight is 224 g/mol. The molecule has 2 aromatic rings. The summed E-state index contributed by atoms with van der Waals surface area (Å²) in [6, 6.07) is 2.15. The maximum absolute atomic E-state index is 4.23. The number of nitrogens with one attached hydrogen (secondary N) is 1. The van der Waals surface area contributed by atoms with Crippen LogP contribution in [0.2, 0.25) is 0 Å². The van der Waals surface area contributed by atoms with Crippen molar-refractivity contribution in [2.75, 3.05) is 6.54 Å². The Balaban J connectivity index is 1.65. The molecule has 0 saturated heterocycles. The molecule has 0 aliphatic rings. The third-order valence-electron chi connectivity index (χ3n) is 1.91.